The van der Waals surface area contributed by atoms with Crippen LogP contribution in [-0.4, -0.2) is 80.0 Å². The lowest BCUT2D eigenvalue weighted by Gasteiger charge is -2.44. The summed E-state index contributed by atoms with van der Waals surface area (Å²) in [6.45, 7) is 12.1. The topological polar surface area (TPSA) is 60.5 Å². The molecule has 1 amide bonds. The first kappa shape index (κ1) is 21.9. The third kappa shape index (κ3) is 5.41. The van der Waals surface area contributed by atoms with E-state index in [0.717, 1.165) is 36.7 Å². The second-order valence-electron chi connectivity index (χ2n) is 8.50. The highest BCUT2D eigenvalue weighted by Crippen LogP contribution is 2.31. The molecule has 0 aromatic heterocycles. The van der Waals surface area contributed by atoms with Crippen LogP contribution in [0.3, 0.4) is 0 Å². The van der Waals surface area contributed by atoms with Crippen molar-refractivity contribution < 1.29 is 23.7 Å². The molecule has 2 aliphatic rings. The van der Waals surface area contributed by atoms with Gasteiger partial charge in [-0.05, 0) is 45.4 Å². The Kier molecular flexibility index (Phi) is 7.03. The summed E-state index contributed by atoms with van der Waals surface area (Å²) in [5, 5.41) is 0. The SMILES string of the molecule is COc1ccc(CN2CCOC3(COCC(=O)N(C(C)C)C3)C2)cc1OC(C)C. The lowest BCUT2D eigenvalue weighted by atomic mass is 10.0. The molecule has 2 fully saturated rings. The van der Waals surface area contributed by atoms with Gasteiger partial charge in [0.25, 0.3) is 0 Å². The molecule has 0 aliphatic carbocycles. The van der Waals surface area contributed by atoms with Gasteiger partial charge in [-0.25, -0.2) is 0 Å². The summed E-state index contributed by atoms with van der Waals surface area (Å²) in [7, 11) is 1.65. The van der Waals surface area contributed by atoms with Gasteiger partial charge in [-0.1, -0.05) is 6.07 Å². The summed E-state index contributed by atoms with van der Waals surface area (Å²) in [6, 6.07) is 6.20. The second kappa shape index (κ2) is 9.32. The molecular weight excluding hydrogens is 372 g/mol. The standard InChI is InChI=1S/C22H34N2O5/c1-16(2)24-14-22(15-27-12-21(24)25)13-23(8-9-28-22)11-18-6-7-19(26-5)20(10-18)29-17(3)4/h6-7,10,16-17H,8-9,11-15H2,1-5H3. The van der Waals surface area contributed by atoms with Crippen LogP contribution in [0.1, 0.15) is 33.3 Å². The third-order valence-electron chi connectivity index (χ3n) is 5.32. The van der Waals surface area contributed by atoms with Crippen molar-refractivity contribution in [1.29, 1.82) is 0 Å². The minimum absolute atomic E-state index is 0.0308. The quantitative estimate of drug-likeness (QED) is 0.723. The number of ether oxygens (including phenoxy) is 4. The van der Waals surface area contributed by atoms with Crippen LogP contribution >= 0.6 is 0 Å². The molecule has 7 nitrogen and oxygen atoms in total. The van der Waals surface area contributed by atoms with Crippen molar-refractivity contribution in [2.24, 2.45) is 0 Å². The Hall–Kier alpha value is -1.83. The van der Waals surface area contributed by atoms with Crippen molar-refractivity contribution in [2.75, 3.05) is 46.6 Å². The number of methoxy groups -OCH3 is 1. The molecule has 162 valence electrons. The zero-order chi connectivity index (χ0) is 21.0. The molecule has 1 unspecified atom stereocenters. The number of hydrogen-bond donors (Lipinski definition) is 0. The van der Waals surface area contributed by atoms with E-state index in [1.807, 2.05) is 38.7 Å². The lowest BCUT2D eigenvalue weighted by Crippen LogP contribution is -2.59. The van der Waals surface area contributed by atoms with Crippen LogP contribution in [0.5, 0.6) is 11.5 Å². The van der Waals surface area contributed by atoms with Gasteiger partial charge < -0.3 is 23.8 Å². The summed E-state index contributed by atoms with van der Waals surface area (Å²) < 4.78 is 23.2. The van der Waals surface area contributed by atoms with Crippen molar-refractivity contribution in [2.45, 2.75) is 52.0 Å². The van der Waals surface area contributed by atoms with Gasteiger partial charge in [0, 0.05) is 25.7 Å². The molecule has 1 aromatic carbocycles. The minimum atomic E-state index is -0.488. The maximum absolute atomic E-state index is 12.3. The molecule has 29 heavy (non-hydrogen) atoms. The Morgan fingerprint density at radius 1 is 1.17 bits per heavy atom. The Labute approximate surface area is 173 Å². The zero-order valence-corrected chi connectivity index (χ0v) is 18.3. The molecule has 0 N–H and O–H groups in total. The van der Waals surface area contributed by atoms with E-state index < -0.39 is 5.60 Å². The minimum Gasteiger partial charge on any atom is -0.493 e. The predicted octanol–water partition coefficient (Wildman–Crippen LogP) is 2.32. The summed E-state index contributed by atoms with van der Waals surface area (Å²) in [4.78, 5) is 16.6. The molecule has 2 heterocycles. The maximum atomic E-state index is 12.3. The molecule has 0 bridgehead atoms. The number of rotatable bonds is 6. The average molecular weight is 407 g/mol. The summed E-state index contributed by atoms with van der Waals surface area (Å²) >= 11 is 0. The monoisotopic (exact) mass is 406 g/mol. The zero-order valence-electron chi connectivity index (χ0n) is 18.3. The molecule has 0 saturated carbocycles. The Morgan fingerprint density at radius 3 is 2.66 bits per heavy atom. The number of carbonyl (C=O) groups excluding carboxylic acids is 1. The molecule has 1 atom stereocenters. The van der Waals surface area contributed by atoms with Gasteiger partial charge in [0.2, 0.25) is 5.91 Å². The van der Waals surface area contributed by atoms with Gasteiger partial charge in [-0.15, -0.1) is 0 Å². The highest BCUT2D eigenvalue weighted by atomic mass is 16.6. The number of nitrogens with zero attached hydrogens (tertiary/aromatic N) is 2. The number of morpholine rings is 1. The first-order valence-electron chi connectivity index (χ1n) is 10.4. The van der Waals surface area contributed by atoms with Crippen LogP contribution in [-0.2, 0) is 20.8 Å². The van der Waals surface area contributed by atoms with Crippen molar-refractivity contribution in [1.82, 2.24) is 9.80 Å². The van der Waals surface area contributed by atoms with Crippen LogP contribution in [0.25, 0.3) is 0 Å². The van der Waals surface area contributed by atoms with Crippen molar-refractivity contribution in [3.05, 3.63) is 23.8 Å². The normalized spacial score (nSPS) is 23.7. The van der Waals surface area contributed by atoms with E-state index in [2.05, 4.69) is 17.0 Å². The lowest BCUT2D eigenvalue weighted by molar-refractivity contribution is -0.147. The number of hydrogen-bond acceptors (Lipinski definition) is 6. The molecular formula is C22H34N2O5. The van der Waals surface area contributed by atoms with Gasteiger partial charge in [0.15, 0.2) is 11.5 Å². The molecule has 2 aliphatic heterocycles. The van der Waals surface area contributed by atoms with E-state index >= 15 is 0 Å². The van der Waals surface area contributed by atoms with Crippen LogP contribution in [0.15, 0.2) is 18.2 Å². The molecule has 1 aromatic rings. The number of carbonyl (C=O) groups is 1. The Balaban J connectivity index is 1.73. The molecule has 1 spiro atoms. The van der Waals surface area contributed by atoms with E-state index in [1.54, 1.807) is 7.11 Å². The first-order chi connectivity index (χ1) is 13.8. The largest absolute Gasteiger partial charge is 0.493 e. The fourth-order valence-electron chi connectivity index (χ4n) is 3.99. The van der Waals surface area contributed by atoms with Gasteiger partial charge in [0.05, 0.1) is 33.0 Å². The van der Waals surface area contributed by atoms with E-state index in [1.165, 1.54) is 0 Å². The first-order valence-corrected chi connectivity index (χ1v) is 10.4. The molecule has 3 rings (SSSR count). The smallest absolute Gasteiger partial charge is 0.248 e. The van der Waals surface area contributed by atoms with Crippen molar-refractivity contribution in [3.63, 3.8) is 0 Å². The van der Waals surface area contributed by atoms with Gasteiger partial charge >= 0.3 is 0 Å². The average Bonchev–Trinajstić information content (AvgIpc) is 2.81. The highest BCUT2D eigenvalue weighted by molar-refractivity contribution is 5.78. The summed E-state index contributed by atoms with van der Waals surface area (Å²) in [5.74, 6) is 1.53. The Morgan fingerprint density at radius 2 is 1.97 bits per heavy atom. The van der Waals surface area contributed by atoms with E-state index in [4.69, 9.17) is 18.9 Å². The van der Waals surface area contributed by atoms with E-state index in [0.29, 0.717) is 19.8 Å². The second-order valence-corrected chi connectivity index (χ2v) is 8.50. The maximum Gasteiger partial charge on any atom is 0.248 e. The molecule has 2 saturated heterocycles. The predicted molar refractivity (Wildman–Crippen MR) is 110 cm³/mol. The van der Waals surface area contributed by atoms with Crippen molar-refractivity contribution >= 4 is 5.91 Å². The number of benzene rings is 1. The number of amides is 1. The fourth-order valence-corrected chi connectivity index (χ4v) is 3.99. The van der Waals surface area contributed by atoms with Crippen LogP contribution in [0, 0.1) is 0 Å². The van der Waals surface area contributed by atoms with E-state index in [9.17, 15) is 4.79 Å². The van der Waals surface area contributed by atoms with E-state index in [-0.39, 0.29) is 24.7 Å². The summed E-state index contributed by atoms with van der Waals surface area (Å²) in [5.41, 5.74) is 0.670. The third-order valence-corrected chi connectivity index (χ3v) is 5.32. The van der Waals surface area contributed by atoms with Crippen LogP contribution in [0.2, 0.25) is 0 Å². The Bertz CT molecular complexity index is 708. The fraction of sp³-hybridized carbons (Fsp3) is 0.682. The van der Waals surface area contributed by atoms with Gasteiger partial charge in [-0.2, -0.15) is 0 Å². The highest BCUT2D eigenvalue weighted by Gasteiger charge is 2.42. The van der Waals surface area contributed by atoms with Gasteiger partial charge in [-0.3, -0.25) is 9.69 Å². The molecule has 7 heteroatoms. The van der Waals surface area contributed by atoms with Crippen molar-refractivity contribution in [3.8, 4) is 11.5 Å². The van der Waals surface area contributed by atoms with Crippen LogP contribution < -0.4 is 9.47 Å². The molecule has 0 radical (unpaired) electrons. The van der Waals surface area contributed by atoms with Gasteiger partial charge in [0.1, 0.15) is 12.2 Å². The van der Waals surface area contributed by atoms with Crippen LogP contribution in [0.4, 0.5) is 0 Å². The summed E-state index contributed by atoms with van der Waals surface area (Å²) in [6.07, 6.45) is 0.0773.